The lowest BCUT2D eigenvalue weighted by molar-refractivity contribution is 0.0953. The van der Waals surface area contributed by atoms with E-state index in [0.29, 0.717) is 12.1 Å². The molecule has 0 atom stereocenters. The van der Waals surface area contributed by atoms with Crippen molar-refractivity contribution in [3.8, 4) is 5.75 Å². The number of amides is 1. The van der Waals surface area contributed by atoms with Gasteiger partial charge in [-0.05, 0) is 42.7 Å². The summed E-state index contributed by atoms with van der Waals surface area (Å²) in [6.45, 7) is 2.50. The molecule has 2 aromatic carbocycles. The van der Waals surface area contributed by atoms with Gasteiger partial charge in [0, 0.05) is 16.6 Å². The number of rotatable bonds is 5. The van der Waals surface area contributed by atoms with Gasteiger partial charge in [-0.2, -0.15) is 0 Å². The molecule has 4 heteroatoms. The largest absolute Gasteiger partial charge is 0.496 e. The summed E-state index contributed by atoms with van der Waals surface area (Å²) in [5, 5.41) is 2.95. The predicted octanol–water partition coefficient (Wildman–Crippen LogP) is 3.74. The monoisotopic (exact) mass is 347 g/mol. The van der Waals surface area contributed by atoms with Crippen LogP contribution in [0.1, 0.15) is 21.5 Å². The van der Waals surface area contributed by atoms with E-state index in [1.165, 1.54) is 0 Å². The second-order valence-corrected chi connectivity index (χ2v) is 5.58. The van der Waals surface area contributed by atoms with Crippen LogP contribution in [0.15, 0.2) is 46.9 Å². The molecule has 2 aromatic rings. The van der Waals surface area contributed by atoms with Crippen LogP contribution in [0.2, 0.25) is 0 Å². The highest BCUT2D eigenvalue weighted by molar-refractivity contribution is 9.10. The van der Waals surface area contributed by atoms with Gasteiger partial charge in [0.25, 0.3) is 5.91 Å². The molecule has 0 aromatic heterocycles. The molecule has 0 aliphatic heterocycles. The van der Waals surface area contributed by atoms with Gasteiger partial charge in [-0.15, -0.1) is 0 Å². The van der Waals surface area contributed by atoms with Crippen molar-refractivity contribution in [2.45, 2.75) is 13.3 Å². The first-order valence-electron chi connectivity index (χ1n) is 6.78. The maximum Gasteiger partial charge on any atom is 0.251 e. The molecule has 2 rings (SSSR count). The molecule has 0 aliphatic carbocycles. The fourth-order valence-corrected chi connectivity index (χ4v) is 2.54. The molecule has 0 bridgehead atoms. The lowest BCUT2D eigenvalue weighted by Crippen LogP contribution is -2.26. The Kier molecular flexibility index (Phi) is 5.39. The van der Waals surface area contributed by atoms with Crippen molar-refractivity contribution in [1.82, 2.24) is 5.32 Å². The zero-order valence-corrected chi connectivity index (χ0v) is 13.7. The van der Waals surface area contributed by atoms with E-state index in [1.54, 1.807) is 7.11 Å². The highest BCUT2D eigenvalue weighted by Crippen LogP contribution is 2.20. The van der Waals surface area contributed by atoms with Crippen LogP contribution in [0, 0.1) is 6.92 Å². The summed E-state index contributed by atoms with van der Waals surface area (Å²) >= 11 is 3.44. The second-order valence-electron chi connectivity index (χ2n) is 4.73. The van der Waals surface area contributed by atoms with Gasteiger partial charge in [0.05, 0.1) is 7.11 Å². The Hall–Kier alpha value is -1.81. The minimum Gasteiger partial charge on any atom is -0.496 e. The summed E-state index contributed by atoms with van der Waals surface area (Å²) in [5.41, 5.74) is 2.74. The topological polar surface area (TPSA) is 38.3 Å². The molecular formula is C17H18BrNO2. The minimum absolute atomic E-state index is 0.0521. The summed E-state index contributed by atoms with van der Waals surface area (Å²) in [6.07, 6.45) is 0.739. The number of benzene rings is 2. The first kappa shape index (κ1) is 15.6. The molecule has 0 fully saturated rings. The molecular weight excluding hydrogens is 330 g/mol. The summed E-state index contributed by atoms with van der Waals surface area (Å²) < 4.78 is 6.25. The molecule has 1 amide bonds. The molecule has 0 aliphatic rings. The fraction of sp³-hybridized carbons (Fsp3) is 0.235. The quantitative estimate of drug-likeness (QED) is 0.894. The van der Waals surface area contributed by atoms with E-state index >= 15 is 0 Å². The number of para-hydroxylation sites is 1. The van der Waals surface area contributed by atoms with Gasteiger partial charge in [0.15, 0.2) is 0 Å². The number of hydrogen-bond donors (Lipinski definition) is 1. The molecule has 3 nitrogen and oxygen atoms in total. The lowest BCUT2D eigenvalue weighted by atomic mass is 10.1. The van der Waals surface area contributed by atoms with Crippen LogP contribution in [-0.4, -0.2) is 19.6 Å². The zero-order valence-electron chi connectivity index (χ0n) is 12.2. The van der Waals surface area contributed by atoms with Gasteiger partial charge in [-0.1, -0.05) is 40.2 Å². The van der Waals surface area contributed by atoms with Gasteiger partial charge in [-0.25, -0.2) is 0 Å². The molecule has 0 unspecified atom stereocenters. The summed E-state index contributed by atoms with van der Waals surface area (Å²) in [4.78, 5) is 12.2. The third kappa shape index (κ3) is 3.85. The number of halogens is 1. The van der Waals surface area contributed by atoms with E-state index in [0.717, 1.165) is 27.8 Å². The first-order chi connectivity index (χ1) is 10.1. The van der Waals surface area contributed by atoms with Crippen molar-refractivity contribution in [2.75, 3.05) is 13.7 Å². The Labute approximate surface area is 133 Å². The van der Waals surface area contributed by atoms with Crippen LogP contribution in [0.4, 0.5) is 0 Å². The van der Waals surface area contributed by atoms with E-state index in [1.807, 2.05) is 49.4 Å². The van der Waals surface area contributed by atoms with Gasteiger partial charge < -0.3 is 10.1 Å². The summed E-state index contributed by atoms with van der Waals surface area (Å²) in [6, 6.07) is 13.5. The fourth-order valence-electron chi connectivity index (χ4n) is 2.17. The molecule has 0 saturated carbocycles. The predicted molar refractivity (Wildman–Crippen MR) is 87.9 cm³/mol. The van der Waals surface area contributed by atoms with Gasteiger partial charge in [-0.3, -0.25) is 4.79 Å². The van der Waals surface area contributed by atoms with E-state index in [-0.39, 0.29) is 5.91 Å². The van der Waals surface area contributed by atoms with Crippen molar-refractivity contribution in [2.24, 2.45) is 0 Å². The minimum atomic E-state index is -0.0521. The molecule has 0 heterocycles. The van der Waals surface area contributed by atoms with Crippen LogP contribution in [-0.2, 0) is 6.42 Å². The average Bonchev–Trinajstić information content (AvgIpc) is 2.50. The van der Waals surface area contributed by atoms with Crippen molar-refractivity contribution >= 4 is 21.8 Å². The zero-order chi connectivity index (χ0) is 15.2. The molecule has 110 valence electrons. The van der Waals surface area contributed by atoms with Crippen LogP contribution in [0.3, 0.4) is 0 Å². The maximum absolute atomic E-state index is 12.2. The number of carbonyl (C=O) groups is 1. The second kappa shape index (κ2) is 7.27. The highest BCUT2D eigenvalue weighted by Gasteiger charge is 2.10. The smallest absolute Gasteiger partial charge is 0.251 e. The van der Waals surface area contributed by atoms with Crippen LogP contribution >= 0.6 is 15.9 Å². The normalized spacial score (nSPS) is 10.2. The average molecular weight is 348 g/mol. The number of nitrogens with one attached hydrogen (secondary N) is 1. The first-order valence-corrected chi connectivity index (χ1v) is 7.58. The number of ether oxygens (including phenoxy) is 1. The molecule has 0 saturated heterocycles. The molecule has 0 radical (unpaired) electrons. The van der Waals surface area contributed by atoms with Crippen LogP contribution < -0.4 is 10.1 Å². The molecule has 21 heavy (non-hydrogen) atoms. The Morgan fingerprint density at radius 1 is 1.19 bits per heavy atom. The van der Waals surface area contributed by atoms with E-state index in [9.17, 15) is 4.79 Å². The van der Waals surface area contributed by atoms with Crippen molar-refractivity contribution in [1.29, 1.82) is 0 Å². The van der Waals surface area contributed by atoms with Gasteiger partial charge >= 0.3 is 0 Å². The van der Waals surface area contributed by atoms with Crippen LogP contribution in [0.5, 0.6) is 5.75 Å². The Balaban J connectivity index is 1.97. The Bertz CT molecular complexity index is 640. The van der Waals surface area contributed by atoms with E-state index < -0.39 is 0 Å². The SMILES string of the molecule is COc1ccccc1CCNC(=O)c1cccc(Br)c1C. The number of methoxy groups -OCH3 is 1. The molecule has 0 spiro atoms. The van der Waals surface area contributed by atoms with Crippen molar-refractivity contribution in [3.05, 3.63) is 63.6 Å². The third-order valence-electron chi connectivity index (χ3n) is 3.38. The standard InChI is InChI=1S/C17H18BrNO2/c1-12-14(7-5-8-15(12)18)17(20)19-11-10-13-6-3-4-9-16(13)21-2/h3-9H,10-11H2,1-2H3,(H,19,20). The van der Waals surface area contributed by atoms with Gasteiger partial charge in [0.1, 0.15) is 5.75 Å². The number of carbonyl (C=O) groups excluding carboxylic acids is 1. The summed E-state index contributed by atoms with van der Waals surface area (Å²) in [7, 11) is 1.66. The van der Waals surface area contributed by atoms with Crippen molar-refractivity contribution < 1.29 is 9.53 Å². The summed E-state index contributed by atoms with van der Waals surface area (Å²) in [5.74, 6) is 0.800. The highest BCUT2D eigenvalue weighted by atomic mass is 79.9. The van der Waals surface area contributed by atoms with Crippen molar-refractivity contribution in [3.63, 3.8) is 0 Å². The lowest BCUT2D eigenvalue weighted by Gasteiger charge is -2.10. The van der Waals surface area contributed by atoms with E-state index in [4.69, 9.17) is 4.74 Å². The Morgan fingerprint density at radius 3 is 2.71 bits per heavy atom. The maximum atomic E-state index is 12.2. The number of hydrogen-bond acceptors (Lipinski definition) is 2. The Morgan fingerprint density at radius 2 is 1.95 bits per heavy atom. The third-order valence-corrected chi connectivity index (χ3v) is 4.24. The van der Waals surface area contributed by atoms with Crippen LogP contribution in [0.25, 0.3) is 0 Å². The van der Waals surface area contributed by atoms with E-state index in [2.05, 4.69) is 21.2 Å². The molecule has 1 N–H and O–H groups in total. The van der Waals surface area contributed by atoms with Gasteiger partial charge in [0.2, 0.25) is 0 Å².